The highest BCUT2D eigenvalue weighted by Gasteiger charge is 2.27. The highest BCUT2D eigenvalue weighted by atomic mass is 28.3. The van der Waals surface area contributed by atoms with Crippen molar-refractivity contribution in [1.82, 2.24) is 0 Å². The number of allylic oxidation sites excluding steroid dienone is 2. The number of benzene rings is 3. The second kappa shape index (κ2) is 10.2. The first-order valence-corrected chi connectivity index (χ1v) is 13.4. The molecule has 4 rings (SSSR count). The molecule has 1 radical (unpaired) electrons. The zero-order valence-electron chi connectivity index (χ0n) is 18.1. The van der Waals surface area contributed by atoms with Gasteiger partial charge in [-0.3, -0.25) is 0 Å². The molecule has 31 heavy (non-hydrogen) atoms. The SMILES string of the molecule is CC=CCC[Si]1CCC(c2ccc(-c3ccccc3)c(-c3ccc(F)cc3)c2F)CC1. The Morgan fingerprint density at radius 3 is 2.26 bits per heavy atom. The molecule has 1 saturated heterocycles. The minimum absolute atomic E-state index is 0.137. The van der Waals surface area contributed by atoms with Crippen molar-refractivity contribution in [2.24, 2.45) is 0 Å². The Kier molecular flexibility index (Phi) is 7.13. The van der Waals surface area contributed by atoms with Crippen LogP contribution in [-0.4, -0.2) is 8.80 Å². The van der Waals surface area contributed by atoms with Gasteiger partial charge in [0.1, 0.15) is 11.6 Å². The van der Waals surface area contributed by atoms with Crippen LogP contribution in [0.25, 0.3) is 22.3 Å². The third-order valence-electron chi connectivity index (χ3n) is 6.42. The first kappa shape index (κ1) is 21.7. The number of hydrogen-bond donors (Lipinski definition) is 0. The van der Waals surface area contributed by atoms with Gasteiger partial charge >= 0.3 is 0 Å². The molecule has 3 heteroatoms. The number of halogens is 2. The van der Waals surface area contributed by atoms with Crippen molar-refractivity contribution in [1.29, 1.82) is 0 Å². The van der Waals surface area contributed by atoms with E-state index in [9.17, 15) is 4.39 Å². The van der Waals surface area contributed by atoms with E-state index in [1.54, 1.807) is 12.1 Å². The van der Waals surface area contributed by atoms with E-state index in [4.69, 9.17) is 0 Å². The molecule has 3 aromatic rings. The molecule has 0 nitrogen and oxygen atoms in total. The molecule has 0 unspecified atom stereocenters. The molecule has 0 saturated carbocycles. The fourth-order valence-electron chi connectivity index (χ4n) is 4.71. The highest BCUT2D eigenvalue weighted by molar-refractivity contribution is 6.59. The Morgan fingerprint density at radius 1 is 0.871 bits per heavy atom. The van der Waals surface area contributed by atoms with Gasteiger partial charge in [-0.15, -0.1) is 0 Å². The van der Waals surface area contributed by atoms with Gasteiger partial charge in [-0.05, 0) is 66.5 Å². The standard InChI is InChI=1S/C28H29F2Si/c1-2-3-7-18-31-19-16-22(17-20-31)26-15-14-25(21-8-5-4-6-9-21)27(28(26)30)23-10-12-24(29)13-11-23/h2-6,8-15,22H,7,16-20H2,1H3. The Balaban J connectivity index is 1.66. The van der Waals surface area contributed by atoms with Crippen molar-refractivity contribution in [2.75, 3.05) is 0 Å². The minimum Gasteiger partial charge on any atom is -0.207 e. The van der Waals surface area contributed by atoms with E-state index in [1.165, 1.54) is 36.7 Å². The highest BCUT2D eigenvalue weighted by Crippen LogP contribution is 2.42. The van der Waals surface area contributed by atoms with Gasteiger partial charge in [-0.25, -0.2) is 8.78 Å². The van der Waals surface area contributed by atoms with Crippen LogP contribution in [0.15, 0.2) is 78.9 Å². The average molecular weight is 432 g/mol. The lowest BCUT2D eigenvalue weighted by atomic mass is 9.86. The van der Waals surface area contributed by atoms with E-state index in [0.717, 1.165) is 35.1 Å². The molecule has 3 aromatic carbocycles. The average Bonchev–Trinajstić information content (AvgIpc) is 2.81. The molecular formula is C28H29F2Si. The maximum Gasteiger partial charge on any atom is 0.135 e. The Labute approximate surface area is 186 Å². The van der Waals surface area contributed by atoms with Gasteiger partial charge in [0.2, 0.25) is 0 Å². The molecule has 159 valence electrons. The molecule has 1 aliphatic rings. The monoisotopic (exact) mass is 431 g/mol. The third kappa shape index (κ3) is 5.04. The van der Waals surface area contributed by atoms with Gasteiger partial charge in [0.25, 0.3) is 0 Å². The third-order valence-corrected chi connectivity index (χ3v) is 9.41. The summed E-state index contributed by atoms with van der Waals surface area (Å²) in [6.07, 6.45) is 7.74. The Morgan fingerprint density at radius 2 is 1.58 bits per heavy atom. The lowest BCUT2D eigenvalue weighted by Crippen LogP contribution is -2.20. The summed E-state index contributed by atoms with van der Waals surface area (Å²) < 4.78 is 29.6. The summed E-state index contributed by atoms with van der Waals surface area (Å²) in [5, 5.41) is 0. The van der Waals surface area contributed by atoms with Gasteiger partial charge in [-0.2, -0.15) is 0 Å². The summed E-state index contributed by atoms with van der Waals surface area (Å²) in [6.45, 7) is 2.08. The summed E-state index contributed by atoms with van der Waals surface area (Å²) in [5.74, 6) is -0.163. The van der Waals surface area contributed by atoms with Gasteiger partial charge in [0.15, 0.2) is 0 Å². The molecule has 0 bridgehead atoms. The topological polar surface area (TPSA) is 0 Å². The van der Waals surface area contributed by atoms with E-state index in [0.29, 0.717) is 5.56 Å². The lowest BCUT2D eigenvalue weighted by Gasteiger charge is -2.29. The number of hydrogen-bond acceptors (Lipinski definition) is 0. The van der Waals surface area contributed by atoms with E-state index in [1.807, 2.05) is 36.4 Å². The first-order valence-electron chi connectivity index (χ1n) is 11.3. The fraction of sp³-hybridized carbons (Fsp3) is 0.286. The van der Waals surface area contributed by atoms with Crippen LogP contribution >= 0.6 is 0 Å². The van der Waals surface area contributed by atoms with Crippen LogP contribution in [0.2, 0.25) is 18.1 Å². The summed E-state index contributed by atoms with van der Waals surface area (Å²) >= 11 is 0. The van der Waals surface area contributed by atoms with Crippen LogP contribution in [-0.2, 0) is 0 Å². The molecule has 0 N–H and O–H groups in total. The maximum absolute atomic E-state index is 16.0. The molecule has 1 heterocycles. The van der Waals surface area contributed by atoms with Crippen LogP contribution in [0, 0.1) is 11.6 Å². The van der Waals surface area contributed by atoms with Gasteiger partial charge in [0, 0.05) is 14.4 Å². The predicted molar refractivity (Wildman–Crippen MR) is 129 cm³/mol. The smallest absolute Gasteiger partial charge is 0.135 e. The van der Waals surface area contributed by atoms with Crippen LogP contribution in [0.3, 0.4) is 0 Å². The van der Waals surface area contributed by atoms with E-state index in [-0.39, 0.29) is 26.3 Å². The van der Waals surface area contributed by atoms with Crippen molar-refractivity contribution in [3.8, 4) is 22.3 Å². The zero-order chi connectivity index (χ0) is 21.6. The summed E-state index contributed by atoms with van der Waals surface area (Å²) in [5.41, 5.74) is 3.98. The molecule has 1 aliphatic heterocycles. The van der Waals surface area contributed by atoms with Crippen LogP contribution in [0.1, 0.15) is 37.7 Å². The first-order chi connectivity index (χ1) is 15.2. The second-order valence-electron chi connectivity index (χ2n) is 8.40. The van der Waals surface area contributed by atoms with Crippen LogP contribution < -0.4 is 0 Å². The molecular weight excluding hydrogens is 402 g/mol. The van der Waals surface area contributed by atoms with Gasteiger partial charge in [0.05, 0.1) is 0 Å². The summed E-state index contributed by atoms with van der Waals surface area (Å²) in [6, 6.07) is 24.0. The summed E-state index contributed by atoms with van der Waals surface area (Å²) in [7, 11) is -0.305. The molecule has 0 amide bonds. The fourth-order valence-corrected chi connectivity index (χ4v) is 7.54. The lowest BCUT2D eigenvalue weighted by molar-refractivity contribution is 0.546. The van der Waals surface area contributed by atoms with E-state index < -0.39 is 0 Å². The molecule has 0 aromatic heterocycles. The predicted octanol–water partition coefficient (Wildman–Crippen LogP) is 8.64. The van der Waals surface area contributed by atoms with Crippen molar-refractivity contribution < 1.29 is 8.78 Å². The minimum atomic E-state index is -0.305. The summed E-state index contributed by atoms with van der Waals surface area (Å²) in [4.78, 5) is 0. The Hall–Kier alpha value is -2.52. The van der Waals surface area contributed by atoms with Crippen LogP contribution in [0.4, 0.5) is 8.78 Å². The Bertz CT molecular complexity index is 1020. The quantitative estimate of drug-likeness (QED) is 0.271. The van der Waals surface area contributed by atoms with E-state index in [2.05, 4.69) is 25.1 Å². The van der Waals surface area contributed by atoms with E-state index >= 15 is 4.39 Å². The van der Waals surface area contributed by atoms with Crippen molar-refractivity contribution >= 4 is 8.80 Å². The maximum atomic E-state index is 16.0. The molecule has 0 spiro atoms. The normalized spacial score (nSPS) is 15.6. The largest absolute Gasteiger partial charge is 0.207 e. The van der Waals surface area contributed by atoms with Crippen molar-refractivity contribution in [3.05, 3.63) is 96.1 Å². The second-order valence-corrected chi connectivity index (χ2v) is 11.4. The molecule has 0 aliphatic carbocycles. The van der Waals surface area contributed by atoms with Crippen molar-refractivity contribution in [2.45, 2.75) is 50.2 Å². The van der Waals surface area contributed by atoms with Crippen LogP contribution in [0.5, 0.6) is 0 Å². The molecule has 0 atom stereocenters. The van der Waals surface area contributed by atoms with Crippen molar-refractivity contribution in [3.63, 3.8) is 0 Å². The molecule has 1 fully saturated rings. The zero-order valence-corrected chi connectivity index (χ0v) is 19.1. The van der Waals surface area contributed by atoms with Gasteiger partial charge < -0.3 is 0 Å². The van der Waals surface area contributed by atoms with Gasteiger partial charge in [-0.1, -0.05) is 84.9 Å². The number of rotatable bonds is 6.